The number of benzene rings is 4. The molecular weight excluding hydrogens is 742 g/mol. The molecule has 0 saturated heterocycles. The van der Waals surface area contributed by atoms with Crippen molar-refractivity contribution in [2.75, 3.05) is 0 Å². The average molecular weight is 795 g/mol. The van der Waals surface area contributed by atoms with Crippen molar-refractivity contribution in [1.29, 1.82) is 0 Å². The molecule has 1 radical (unpaired) electrons. The molecule has 2 heteroatoms. The Kier molecular flexibility index (Phi) is 16.0. The van der Waals surface area contributed by atoms with Crippen molar-refractivity contribution in [2.45, 2.75) is 116 Å². The molecule has 42 heavy (non-hydrogen) atoms. The summed E-state index contributed by atoms with van der Waals surface area (Å²) in [6.45, 7) is 30.9. The number of rotatable bonds is 0. The van der Waals surface area contributed by atoms with Gasteiger partial charge in [-0.3, -0.25) is 0 Å². The molecule has 0 aromatic heterocycles. The van der Waals surface area contributed by atoms with Crippen LogP contribution in [-0.2, 0) is 45.6 Å². The first-order chi connectivity index (χ1) is 18.6. The smallest absolute Gasteiger partial charge is 0 e. The molecule has 1 unspecified atom stereocenters. The molecule has 0 aliphatic heterocycles. The van der Waals surface area contributed by atoms with E-state index in [0.29, 0.717) is 0 Å². The fourth-order valence-electron chi connectivity index (χ4n) is 6.15. The Morgan fingerprint density at radius 3 is 1.57 bits per heavy atom. The molecule has 5 rings (SSSR count). The van der Waals surface area contributed by atoms with Crippen molar-refractivity contribution in [3.63, 3.8) is 0 Å². The third-order valence-electron chi connectivity index (χ3n) is 9.96. The molecule has 231 valence electrons. The van der Waals surface area contributed by atoms with E-state index in [1.54, 1.807) is 11.1 Å². The minimum Gasteiger partial charge on any atom is -0.180 e. The van der Waals surface area contributed by atoms with Crippen molar-refractivity contribution in [1.82, 2.24) is 0 Å². The third kappa shape index (κ3) is 8.94. The minimum absolute atomic E-state index is 0. The van der Waals surface area contributed by atoms with Gasteiger partial charge in [-0.25, -0.2) is 0 Å². The summed E-state index contributed by atoms with van der Waals surface area (Å²) in [4.78, 5) is 0. The Morgan fingerprint density at radius 1 is 0.571 bits per heavy atom. The van der Waals surface area contributed by atoms with Gasteiger partial charge in [-0.2, -0.15) is 62.7 Å². The van der Waals surface area contributed by atoms with Gasteiger partial charge >= 0.3 is 0 Å². The van der Waals surface area contributed by atoms with Crippen LogP contribution in [-0.4, -0.2) is 0 Å². The quantitative estimate of drug-likeness (QED) is 0.156. The molecule has 0 amide bonds. The van der Waals surface area contributed by atoms with Crippen LogP contribution >= 0.6 is 0 Å². The van der Waals surface area contributed by atoms with Crippen LogP contribution in [0.4, 0.5) is 0 Å². The Labute approximate surface area is 322 Å². The first kappa shape index (κ1) is 39.8. The zero-order valence-electron chi connectivity index (χ0n) is 28.8. The normalized spacial score (nSPS) is 13.5. The van der Waals surface area contributed by atoms with Gasteiger partial charge in [0.25, 0.3) is 0 Å². The molecular formula is C40H52YYb-2. The fraction of sp³-hybridized carbons (Fsp3) is 0.450. The SMILES string of the molecule is Cc1[c-]c(C)c2c(c1C)CCC(C)C2.Cc1[c-]cc(C)c(C)c1C.Cc1cc2cc(C)c(C)c(C)c2c(C)c1C.[Y].[Yb]. The molecule has 0 heterocycles. The number of hydrogen-bond acceptors (Lipinski definition) is 0. The maximum absolute atomic E-state index is 3.49. The van der Waals surface area contributed by atoms with Gasteiger partial charge in [-0.15, -0.1) is 5.56 Å². The predicted octanol–water partition coefficient (Wildman–Crippen LogP) is 10.9. The summed E-state index contributed by atoms with van der Waals surface area (Å²) in [5.41, 5.74) is 21.3. The summed E-state index contributed by atoms with van der Waals surface area (Å²) in [5, 5.41) is 2.84. The van der Waals surface area contributed by atoms with Crippen molar-refractivity contribution in [3.8, 4) is 0 Å². The summed E-state index contributed by atoms with van der Waals surface area (Å²) in [6.07, 6.45) is 3.90. The van der Waals surface area contributed by atoms with Crippen molar-refractivity contribution < 1.29 is 79.6 Å². The monoisotopic (exact) mass is 795 g/mol. The molecule has 0 nitrogen and oxygen atoms in total. The summed E-state index contributed by atoms with van der Waals surface area (Å²) < 4.78 is 0. The molecule has 1 atom stereocenters. The van der Waals surface area contributed by atoms with Gasteiger partial charge in [0.1, 0.15) is 0 Å². The zero-order chi connectivity index (χ0) is 30.0. The first-order valence-electron chi connectivity index (χ1n) is 15.1. The minimum atomic E-state index is 0. The second kappa shape index (κ2) is 16.9. The van der Waals surface area contributed by atoms with Crippen molar-refractivity contribution >= 4 is 10.8 Å². The second-order valence-electron chi connectivity index (χ2n) is 12.6. The molecule has 4 aromatic carbocycles. The molecule has 1 aliphatic rings. The number of aryl methyl sites for hydroxylation is 8. The molecule has 0 spiro atoms. The van der Waals surface area contributed by atoms with Crippen LogP contribution in [0.5, 0.6) is 0 Å². The van der Waals surface area contributed by atoms with E-state index < -0.39 is 0 Å². The zero-order valence-corrected chi connectivity index (χ0v) is 33.3. The van der Waals surface area contributed by atoms with Crippen molar-refractivity contribution in [3.05, 3.63) is 114 Å². The van der Waals surface area contributed by atoms with E-state index >= 15 is 0 Å². The average Bonchev–Trinajstić information content (AvgIpc) is 2.91. The topological polar surface area (TPSA) is 0 Å². The molecule has 0 saturated carbocycles. The second-order valence-corrected chi connectivity index (χ2v) is 12.6. The Bertz CT molecular complexity index is 1480. The van der Waals surface area contributed by atoms with E-state index in [1.165, 1.54) is 102 Å². The summed E-state index contributed by atoms with van der Waals surface area (Å²) in [5.74, 6) is 0.858. The van der Waals surface area contributed by atoms with Gasteiger partial charge in [0.15, 0.2) is 0 Å². The molecule has 0 bridgehead atoms. The largest absolute Gasteiger partial charge is 0.180 e. The fourth-order valence-corrected chi connectivity index (χ4v) is 6.15. The summed E-state index contributed by atoms with van der Waals surface area (Å²) in [6, 6.07) is 13.4. The maximum Gasteiger partial charge on any atom is 0 e. The van der Waals surface area contributed by atoms with Gasteiger partial charge in [-0.05, 0) is 98.5 Å². The van der Waals surface area contributed by atoms with Crippen LogP contribution in [0.2, 0.25) is 0 Å². The van der Waals surface area contributed by atoms with Crippen LogP contribution in [0.3, 0.4) is 0 Å². The molecule has 4 aromatic rings. The van der Waals surface area contributed by atoms with Gasteiger partial charge in [0, 0.05) is 79.6 Å². The molecule has 0 N–H and O–H groups in total. The van der Waals surface area contributed by atoms with Crippen LogP contribution in [0.15, 0.2) is 18.2 Å². The summed E-state index contributed by atoms with van der Waals surface area (Å²) >= 11 is 0. The Morgan fingerprint density at radius 2 is 1.07 bits per heavy atom. The maximum atomic E-state index is 3.49. The predicted molar refractivity (Wildman–Crippen MR) is 177 cm³/mol. The van der Waals surface area contributed by atoms with E-state index in [9.17, 15) is 0 Å². The van der Waals surface area contributed by atoms with E-state index in [1.807, 2.05) is 0 Å². The Balaban J connectivity index is 0.000000315. The van der Waals surface area contributed by atoms with Gasteiger partial charge in [0.05, 0.1) is 0 Å². The van der Waals surface area contributed by atoms with Crippen LogP contribution in [0.25, 0.3) is 10.8 Å². The van der Waals surface area contributed by atoms with Crippen molar-refractivity contribution in [2.24, 2.45) is 5.92 Å². The van der Waals surface area contributed by atoms with Gasteiger partial charge in [-0.1, -0.05) is 79.9 Å². The Hall–Kier alpha value is -0.237. The number of fused-ring (bicyclic) bond motifs is 2. The van der Waals surface area contributed by atoms with Crippen LogP contribution in [0.1, 0.15) is 96.8 Å². The standard InChI is InChI=1S/C16H20.C14H19.C10H13.Y.Yb/c1-9-7-15-8-10(2)12(4)14(6)16(15)13(5)11(9)3;1-9-5-6-13-12(4)10(2)8-11(3)14(13)7-9;1-7-5-6-8(2)10(4)9(7)3;;/h7-8H,1-6H3;9H,5-7H2,1-4H3;5H,1-4H3;;/q;2*-1;;. The van der Waals surface area contributed by atoms with Crippen LogP contribution in [0, 0.1) is 155 Å². The molecule has 0 fully saturated rings. The van der Waals surface area contributed by atoms with E-state index in [0.717, 1.165) is 5.92 Å². The third-order valence-corrected chi connectivity index (χ3v) is 9.96. The van der Waals surface area contributed by atoms with E-state index in [-0.39, 0.29) is 79.6 Å². The van der Waals surface area contributed by atoms with Crippen LogP contribution < -0.4 is 0 Å². The summed E-state index contributed by atoms with van der Waals surface area (Å²) in [7, 11) is 0. The van der Waals surface area contributed by atoms with E-state index in [4.69, 9.17) is 0 Å². The van der Waals surface area contributed by atoms with Gasteiger partial charge in [0.2, 0.25) is 0 Å². The molecule has 1 aliphatic carbocycles. The first-order valence-corrected chi connectivity index (χ1v) is 15.1. The number of hydrogen-bond donors (Lipinski definition) is 0. The van der Waals surface area contributed by atoms with E-state index in [2.05, 4.69) is 127 Å². The van der Waals surface area contributed by atoms with Gasteiger partial charge < -0.3 is 0 Å².